The molecule has 2 heterocycles. The van der Waals surface area contributed by atoms with Gasteiger partial charge in [-0.25, -0.2) is 0 Å². The number of hydrogen-bond acceptors (Lipinski definition) is 4. The molecule has 2 fully saturated rings. The number of nitrogens with two attached hydrogens (primary N) is 1. The minimum Gasteiger partial charge on any atom is -0.381 e. The highest BCUT2D eigenvalue weighted by Crippen LogP contribution is 2.34. The first kappa shape index (κ1) is 13.6. The molecule has 3 nitrogen and oxygen atoms in total. The Hall–Kier alpha value is -0.420. The van der Waals surface area contributed by atoms with Gasteiger partial charge in [0.1, 0.15) is 0 Å². The minimum atomic E-state index is 0.493. The van der Waals surface area contributed by atoms with Crippen molar-refractivity contribution >= 4 is 11.3 Å². The number of hydrogen-bond donors (Lipinski definition) is 1. The predicted molar refractivity (Wildman–Crippen MR) is 79.3 cm³/mol. The number of thiophene rings is 1. The second-order valence-corrected chi connectivity index (χ2v) is 6.60. The molecule has 1 aliphatic heterocycles. The highest BCUT2D eigenvalue weighted by molar-refractivity contribution is 7.07. The van der Waals surface area contributed by atoms with Gasteiger partial charge in [0.25, 0.3) is 0 Å². The van der Waals surface area contributed by atoms with Crippen LogP contribution in [0.25, 0.3) is 0 Å². The van der Waals surface area contributed by atoms with Gasteiger partial charge in [-0.2, -0.15) is 11.3 Å². The van der Waals surface area contributed by atoms with Crippen LogP contribution in [0.3, 0.4) is 0 Å². The van der Waals surface area contributed by atoms with Gasteiger partial charge in [-0.05, 0) is 54.0 Å². The third kappa shape index (κ3) is 3.37. The van der Waals surface area contributed by atoms with Crippen LogP contribution in [-0.2, 0) is 11.3 Å². The Morgan fingerprint density at radius 2 is 2.32 bits per heavy atom. The lowest BCUT2D eigenvalue weighted by molar-refractivity contribution is 0.00645. The summed E-state index contributed by atoms with van der Waals surface area (Å²) < 4.78 is 5.67. The molecule has 0 amide bonds. The van der Waals surface area contributed by atoms with E-state index in [9.17, 15) is 0 Å². The molecule has 2 aliphatic rings. The van der Waals surface area contributed by atoms with Crippen LogP contribution in [-0.4, -0.2) is 36.7 Å². The van der Waals surface area contributed by atoms with Gasteiger partial charge in [-0.15, -0.1) is 0 Å². The number of ether oxygens (including phenoxy) is 1. The zero-order valence-corrected chi connectivity index (χ0v) is 12.3. The average Bonchev–Trinajstić information content (AvgIpc) is 3.17. The van der Waals surface area contributed by atoms with E-state index < -0.39 is 0 Å². The summed E-state index contributed by atoms with van der Waals surface area (Å²) >= 11 is 1.79. The average molecular weight is 280 g/mol. The van der Waals surface area contributed by atoms with Gasteiger partial charge in [0.15, 0.2) is 0 Å². The van der Waals surface area contributed by atoms with Gasteiger partial charge >= 0.3 is 0 Å². The lowest BCUT2D eigenvalue weighted by atomic mass is 9.92. The summed E-state index contributed by atoms with van der Waals surface area (Å²) in [5, 5.41) is 4.43. The molecule has 1 aromatic heterocycles. The maximum absolute atomic E-state index is 6.10. The van der Waals surface area contributed by atoms with Gasteiger partial charge in [0.05, 0.1) is 6.61 Å². The molecule has 4 heteroatoms. The predicted octanol–water partition coefficient (Wildman–Crippen LogP) is 2.47. The smallest absolute Gasteiger partial charge is 0.0509 e. The van der Waals surface area contributed by atoms with Crippen molar-refractivity contribution in [1.29, 1.82) is 0 Å². The van der Waals surface area contributed by atoms with Crippen molar-refractivity contribution in [2.45, 2.75) is 44.3 Å². The van der Waals surface area contributed by atoms with Gasteiger partial charge in [-0.3, -0.25) is 4.90 Å². The fourth-order valence-corrected chi connectivity index (χ4v) is 3.84. The topological polar surface area (TPSA) is 38.5 Å². The van der Waals surface area contributed by atoms with Crippen LogP contribution >= 0.6 is 11.3 Å². The molecule has 1 saturated heterocycles. The molecule has 1 saturated carbocycles. The highest BCUT2D eigenvalue weighted by atomic mass is 32.1. The first-order chi connectivity index (χ1) is 9.38. The summed E-state index contributed by atoms with van der Waals surface area (Å²) in [7, 11) is 0. The standard InChI is InChI=1S/C15H24N2OS/c16-8-15(13-2-1-6-18-10-13)17(14-3-4-14)9-12-5-7-19-11-12/h5,7,11,13-15H,1-4,6,8-10,16H2. The molecule has 0 aromatic carbocycles. The second-order valence-electron chi connectivity index (χ2n) is 5.82. The summed E-state index contributed by atoms with van der Waals surface area (Å²) in [4.78, 5) is 2.65. The van der Waals surface area contributed by atoms with E-state index in [0.29, 0.717) is 12.0 Å². The number of rotatable bonds is 6. The van der Waals surface area contributed by atoms with Crippen molar-refractivity contribution in [3.63, 3.8) is 0 Å². The normalized spacial score (nSPS) is 25.7. The van der Waals surface area contributed by atoms with E-state index in [1.165, 1.54) is 31.2 Å². The fraction of sp³-hybridized carbons (Fsp3) is 0.733. The van der Waals surface area contributed by atoms with E-state index in [-0.39, 0.29) is 0 Å². The van der Waals surface area contributed by atoms with Crippen LogP contribution in [0.2, 0.25) is 0 Å². The van der Waals surface area contributed by atoms with E-state index in [1.807, 2.05) is 0 Å². The molecule has 0 spiro atoms. The van der Waals surface area contributed by atoms with Crippen LogP contribution in [0.15, 0.2) is 16.8 Å². The molecule has 2 N–H and O–H groups in total. The summed E-state index contributed by atoms with van der Waals surface area (Å²) in [5.74, 6) is 0.623. The van der Waals surface area contributed by atoms with Gasteiger partial charge < -0.3 is 10.5 Å². The summed E-state index contributed by atoms with van der Waals surface area (Å²) in [6, 6.07) is 3.49. The molecule has 1 aliphatic carbocycles. The van der Waals surface area contributed by atoms with Crippen molar-refractivity contribution < 1.29 is 4.74 Å². The Balaban J connectivity index is 1.69. The van der Waals surface area contributed by atoms with Gasteiger partial charge in [0, 0.05) is 31.8 Å². The molecule has 19 heavy (non-hydrogen) atoms. The SMILES string of the molecule is NCC(C1CCCOC1)N(Cc1ccsc1)C1CC1. The Kier molecular flexibility index (Phi) is 4.53. The quantitative estimate of drug-likeness (QED) is 0.870. The Bertz CT molecular complexity index is 372. The lowest BCUT2D eigenvalue weighted by Gasteiger charge is -2.38. The largest absolute Gasteiger partial charge is 0.381 e. The van der Waals surface area contributed by atoms with Crippen molar-refractivity contribution in [3.8, 4) is 0 Å². The lowest BCUT2D eigenvalue weighted by Crippen LogP contribution is -2.48. The molecule has 2 atom stereocenters. The van der Waals surface area contributed by atoms with E-state index >= 15 is 0 Å². The summed E-state index contributed by atoms with van der Waals surface area (Å²) in [5.41, 5.74) is 7.54. The van der Waals surface area contributed by atoms with Gasteiger partial charge in [0.2, 0.25) is 0 Å². The Labute approximate surface area is 119 Å². The van der Waals surface area contributed by atoms with Gasteiger partial charge in [-0.1, -0.05) is 0 Å². The molecule has 1 aromatic rings. The van der Waals surface area contributed by atoms with Crippen molar-refractivity contribution in [1.82, 2.24) is 4.90 Å². The third-order valence-electron chi connectivity index (χ3n) is 4.37. The van der Waals surface area contributed by atoms with Crippen LogP contribution < -0.4 is 5.73 Å². The zero-order chi connectivity index (χ0) is 13.1. The van der Waals surface area contributed by atoms with Crippen LogP contribution in [0, 0.1) is 5.92 Å². The van der Waals surface area contributed by atoms with E-state index in [1.54, 1.807) is 11.3 Å². The highest BCUT2D eigenvalue weighted by Gasteiger charge is 2.37. The molecule has 0 bridgehead atoms. The van der Waals surface area contributed by atoms with Crippen molar-refractivity contribution in [2.24, 2.45) is 11.7 Å². The summed E-state index contributed by atoms with van der Waals surface area (Å²) in [6.45, 7) is 3.65. The maximum atomic E-state index is 6.10. The Morgan fingerprint density at radius 3 is 2.89 bits per heavy atom. The second kappa shape index (κ2) is 6.35. The fourth-order valence-electron chi connectivity index (χ4n) is 3.18. The van der Waals surface area contributed by atoms with Crippen LogP contribution in [0.5, 0.6) is 0 Å². The van der Waals surface area contributed by atoms with E-state index in [0.717, 1.165) is 32.3 Å². The monoisotopic (exact) mass is 280 g/mol. The molecule has 3 rings (SSSR count). The molecule has 2 unspecified atom stereocenters. The van der Waals surface area contributed by atoms with Crippen molar-refractivity contribution in [3.05, 3.63) is 22.4 Å². The molecular formula is C15H24N2OS. The molecule has 0 radical (unpaired) electrons. The first-order valence-corrected chi connectivity index (χ1v) is 8.37. The maximum Gasteiger partial charge on any atom is 0.0509 e. The molecule has 106 valence electrons. The van der Waals surface area contributed by atoms with Crippen LogP contribution in [0.4, 0.5) is 0 Å². The molecular weight excluding hydrogens is 256 g/mol. The van der Waals surface area contributed by atoms with Crippen molar-refractivity contribution in [2.75, 3.05) is 19.8 Å². The minimum absolute atomic E-state index is 0.493. The number of nitrogens with zero attached hydrogens (tertiary/aromatic N) is 1. The Morgan fingerprint density at radius 1 is 1.42 bits per heavy atom. The third-order valence-corrected chi connectivity index (χ3v) is 5.10. The van der Waals surface area contributed by atoms with E-state index in [2.05, 4.69) is 21.7 Å². The summed E-state index contributed by atoms with van der Waals surface area (Å²) in [6.07, 6.45) is 5.15. The van der Waals surface area contributed by atoms with Crippen LogP contribution in [0.1, 0.15) is 31.2 Å². The zero-order valence-electron chi connectivity index (χ0n) is 11.5. The van der Waals surface area contributed by atoms with E-state index in [4.69, 9.17) is 10.5 Å². The first-order valence-electron chi connectivity index (χ1n) is 7.43.